The quantitative estimate of drug-likeness (QED) is 0.506. The van der Waals surface area contributed by atoms with E-state index in [0.29, 0.717) is 11.7 Å². The number of benzene rings is 2. The molecule has 0 fully saturated rings. The Hall–Kier alpha value is -2.47. The van der Waals surface area contributed by atoms with Crippen LogP contribution in [0.25, 0.3) is 0 Å². The van der Waals surface area contributed by atoms with Crippen LogP contribution in [0, 0.1) is 5.82 Å². The van der Waals surface area contributed by atoms with Gasteiger partial charge in [0.2, 0.25) is 0 Å². The number of thiocarbonyl (C=S) groups is 1. The van der Waals surface area contributed by atoms with Crippen LogP contribution in [0.1, 0.15) is 11.1 Å². The van der Waals surface area contributed by atoms with E-state index >= 15 is 0 Å². The molecule has 0 aliphatic carbocycles. The normalized spacial score (nSPS) is 10.5. The van der Waals surface area contributed by atoms with E-state index in [0.717, 1.165) is 16.9 Å². The molecule has 0 amide bonds. The maximum absolute atomic E-state index is 12.8. The van der Waals surface area contributed by atoms with Gasteiger partial charge in [-0.15, -0.1) is 0 Å². The molecular formula is C16H16FN3OS. The predicted octanol–water partition coefficient (Wildman–Crippen LogP) is 2.83. The van der Waals surface area contributed by atoms with E-state index in [1.807, 2.05) is 24.3 Å². The van der Waals surface area contributed by atoms with E-state index < -0.39 is 0 Å². The monoisotopic (exact) mass is 317 g/mol. The molecule has 0 saturated carbocycles. The largest absolute Gasteiger partial charge is 0.497 e. The van der Waals surface area contributed by atoms with Gasteiger partial charge in [-0.05, 0) is 47.6 Å². The van der Waals surface area contributed by atoms with Crippen molar-refractivity contribution in [3.8, 4) is 5.75 Å². The average molecular weight is 317 g/mol. The fourth-order valence-corrected chi connectivity index (χ4v) is 1.84. The van der Waals surface area contributed by atoms with E-state index in [2.05, 4.69) is 15.8 Å². The highest BCUT2D eigenvalue weighted by Gasteiger charge is 1.96. The first-order chi connectivity index (χ1) is 10.7. The van der Waals surface area contributed by atoms with Gasteiger partial charge < -0.3 is 10.1 Å². The van der Waals surface area contributed by atoms with Crippen LogP contribution < -0.4 is 15.5 Å². The minimum Gasteiger partial charge on any atom is -0.497 e. The summed E-state index contributed by atoms with van der Waals surface area (Å²) in [5.41, 5.74) is 4.55. The summed E-state index contributed by atoms with van der Waals surface area (Å²) >= 11 is 5.11. The van der Waals surface area contributed by atoms with Crippen molar-refractivity contribution in [2.75, 3.05) is 7.11 Å². The summed E-state index contributed by atoms with van der Waals surface area (Å²) in [6.45, 7) is 0.501. The Morgan fingerprint density at radius 3 is 2.77 bits per heavy atom. The summed E-state index contributed by atoms with van der Waals surface area (Å²) in [6, 6.07) is 13.7. The Balaban J connectivity index is 1.79. The number of hydrazone groups is 1. The van der Waals surface area contributed by atoms with Crippen molar-refractivity contribution in [3.05, 3.63) is 65.5 Å². The zero-order chi connectivity index (χ0) is 15.8. The van der Waals surface area contributed by atoms with E-state index in [1.165, 1.54) is 12.1 Å². The van der Waals surface area contributed by atoms with Crippen molar-refractivity contribution in [2.45, 2.75) is 6.54 Å². The van der Waals surface area contributed by atoms with Crippen molar-refractivity contribution in [3.63, 3.8) is 0 Å². The van der Waals surface area contributed by atoms with E-state index in [1.54, 1.807) is 25.5 Å². The first-order valence-electron chi connectivity index (χ1n) is 6.63. The highest BCUT2D eigenvalue weighted by molar-refractivity contribution is 7.80. The molecule has 2 aromatic rings. The molecule has 0 atom stereocenters. The molecule has 0 heterocycles. The summed E-state index contributed by atoms with van der Waals surface area (Å²) in [4.78, 5) is 0. The molecule has 114 valence electrons. The van der Waals surface area contributed by atoms with E-state index in [9.17, 15) is 4.39 Å². The van der Waals surface area contributed by atoms with Gasteiger partial charge in [0.1, 0.15) is 11.6 Å². The lowest BCUT2D eigenvalue weighted by Crippen LogP contribution is -2.31. The number of hydrogen-bond acceptors (Lipinski definition) is 3. The van der Waals surface area contributed by atoms with Crippen LogP contribution in [0.4, 0.5) is 4.39 Å². The Labute approximate surface area is 134 Å². The van der Waals surface area contributed by atoms with Gasteiger partial charge in [-0.1, -0.05) is 24.3 Å². The highest BCUT2D eigenvalue weighted by Crippen LogP contribution is 2.10. The smallest absolute Gasteiger partial charge is 0.187 e. The van der Waals surface area contributed by atoms with Crippen LogP contribution in [0.5, 0.6) is 5.75 Å². The number of rotatable bonds is 5. The van der Waals surface area contributed by atoms with Crippen molar-refractivity contribution >= 4 is 23.5 Å². The Kier molecular flexibility index (Phi) is 5.85. The van der Waals surface area contributed by atoms with Gasteiger partial charge in [0.05, 0.1) is 13.3 Å². The summed E-state index contributed by atoms with van der Waals surface area (Å²) < 4.78 is 17.9. The fourth-order valence-electron chi connectivity index (χ4n) is 1.71. The zero-order valence-electron chi connectivity index (χ0n) is 12.0. The number of nitrogens with one attached hydrogen (secondary N) is 2. The molecule has 0 aliphatic heterocycles. The minimum atomic E-state index is -0.257. The number of halogens is 1. The first kappa shape index (κ1) is 15.9. The third-order valence-corrected chi connectivity index (χ3v) is 3.08. The molecule has 2 aromatic carbocycles. The minimum absolute atomic E-state index is 0.257. The Morgan fingerprint density at radius 1 is 1.27 bits per heavy atom. The second-order valence-electron chi connectivity index (χ2n) is 4.46. The molecule has 0 aliphatic rings. The highest BCUT2D eigenvalue weighted by atomic mass is 32.1. The molecule has 4 nitrogen and oxygen atoms in total. The van der Waals surface area contributed by atoms with Crippen LogP contribution in [0.3, 0.4) is 0 Å². The third-order valence-electron chi connectivity index (χ3n) is 2.84. The molecule has 0 bridgehead atoms. The molecule has 0 aromatic heterocycles. The van der Waals surface area contributed by atoms with Gasteiger partial charge in [-0.3, -0.25) is 5.43 Å². The lowest BCUT2D eigenvalue weighted by molar-refractivity contribution is 0.415. The average Bonchev–Trinajstić information content (AvgIpc) is 2.54. The molecule has 0 radical (unpaired) electrons. The molecule has 2 N–H and O–H groups in total. The predicted molar refractivity (Wildman–Crippen MR) is 89.6 cm³/mol. The molecule has 22 heavy (non-hydrogen) atoms. The van der Waals surface area contributed by atoms with Crippen LogP contribution in [0.15, 0.2) is 53.6 Å². The third kappa shape index (κ3) is 5.14. The van der Waals surface area contributed by atoms with Crippen LogP contribution in [-0.2, 0) is 6.54 Å². The lowest BCUT2D eigenvalue weighted by Gasteiger charge is -2.07. The molecular weight excluding hydrogens is 301 g/mol. The van der Waals surface area contributed by atoms with Gasteiger partial charge >= 0.3 is 0 Å². The second-order valence-corrected chi connectivity index (χ2v) is 4.86. The summed E-state index contributed by atoms with van der Waals surface area (Å²) in [7, 11) is 1.61. The van der Waals surface area contributed by atoms with Crippen molar-refractivity contribution < 1.29 is 9.13 Å². The van der Waals surface area contributed by atoms with E-state index in [4.69, 9.17) is 17.0 Å². The number of nitrogens with zero attached hydrogens (tertiary/aromatic N) is 1. The second kappa shape index (κ2) is 8.09. The topological polar surface area (TPSA) is 45.6 Å². The summed E-state index contributed by atoms with van der Waals surface area (Å²) in [5, 5.41) is 7.43. The molecule has 0 spiro atoms. The zero-order valence-corrected chi connectivity index (χ0v) is 12.9. The fraction of sp³-hybridized carbons (Fsp3) is 0.125. The Morgan fingerprint density at radius 2 is 2.05 bits per heavy atom. The summed E-state index contributed by atoms with van der Waals surface area (Å²) in [6.07, 6.45) is 1.65. The van der Waals surface area contributed by atoms with Crippen LogP contribution in [-0.4, -0.2) is 18.4 Å². The van der Waals surface area contributed by atoms with E-state index in [-0.39, 0.29) is 5.82 Å². The number of ether oxygens (including phenoxy) is 1. The SMILES string of the molecule is COc1cccc(/C=N\NC(=S)NCc2ccc(F)cc2)c1. The van der Waals surface area contributed by atoms with Gasteiger partial charge in [-0.25, -0.2) is 4.39 Å². The maximum Gasteiger partial charge on any atom is 0.187 e. The first-order valence-corrected chi connectivity index (χ1v) is 7.03. The van der Waals surface area contributed by atoms with Crippen LogP contribution >= 0.6 is 12.2 Å². The molecule has 6 heteroatoms. The molecule has 0 saturated heterocycles. The molecule has 0 unspecified atom stereocenters. The number of methoxy groups -OCH3 is 1. The van der Waals surface area contributed by atoms with Gasteiger partial charge in [0.25, 0.3) is 0 Å². The maximum atomic E-state index is 12.8. The Bertz CT molecular complexity index is 659. The van der Waals surface area contributed by atoms with Crippen molar-refractivity contribution in [1.29, 1.82) is 0 Å². The van der Waals surface area contributed by atoms with Gasteiger partial charge in [-0.2, -0.15) is 5.10 Å². The van der Waals surface area contributed by atoms with Crippen LogP contribution in [0.2, 0.25) is 0 Å². The van der Waals surface area contributed by atoms with Crippen molar-refractivity contribution in [1.82, 2.24) is 10.7 Å². The van der Waals surface area contributed by atoms with Crippen molar-refractivity contribution in [2.24, 2.45) is 5.10 Å². The standard InChI is InChI=1S/C16H16FN3OS/c1-21-15-4-2-3-13(9-15)11-19-20-16(22)18-10-12-5-7-14(17)8-6-12/h2-9,11H,10H2,1H3,(H2,18,20,22)/b19-11-. The number of hydrogen-bond donors (Lipinski definition) is 2. The van der Waals surface area contributed by atoms with Gasteiger partial charge in [0, 0.05) is 6.54 Å². The summed E-state index contributed by atoms with van der Waals surface area (Å²) in [5.74, 6) is 0.508. The van der Waals surface area contributed by atoms with Gasteiger partial charge in [0.15, 0.2) is 5.11 Å². The molecule has 2 rings (SSSR count). The lowest BCUT2D eigenvalue weighted by atomic mass is 10.2.